The Kier molecular flexibility index (Phi) is 9.91. The number of ether oxygens (including phenoxy) is 4. The summed E-state index contributed by atoms with van der Waals surface area (Å²) in [6.45, 7) is 0.121. The second kappa shape index (κ2) is 13.5. The van der Waals surface area contributed by atoms with E-state index in [9.17, 15) is 14.9 Å². The van der Waals surface area contributed by atoms with E-state index < -0.39 is 18.0 Å². The van der Waals surface area contributed by atoms with Crippen LogP contribution in [-0.2, 0) is 27.3 Å². The first-order valence-corrected chi connectivity index (χ1v) is 11.8. The van der Waals surface area contributed by atoms with Gasteiger partial charge in [-0.05, 0) is 48.2 Å². The minimum atomic E-state index is -1.21. The topological polar surface area (TPSA) is 107 Å². The molecule has 0 bridgehead atoms. The minimum Gasteiger partial charge on any atom is -0.493 e. The number of carbonyl (C=O) groups excluding carboxylic acids is 2. The van der Waals surface area contributed by atoms with Crippen molar-refractivity contribution in [2.75, 3.05) is 21.3 Å². The van der Waals surface area contributed by atoms with Gasteiger partial charge in [-0.1, -0.05) is 42.5 Å². The highest BCUT2D eigenvalue weighted by Crippen LogP contribution is 2.38. The van der Waals surface area contributed by atoms with Crippen LogP contribution in [0.1, 0.15) is 41.2 Å². The van der Waals surface area contributed by atoms with Crippen molar-refractivity contribution in [1.29, 1.82) is 5.26 Å². The summed E-state index contributed by atoms with van der Waals surface area (Å²) in [6, 6.07) is 21.8. The largest absolute Gasteiger partial charge is 0.493 e. The van der Waals surface area contributed by atoms with E-state index in [-0.39, 0.29) is 13.0 Å². The zero-order valence-corrected chi connectivity index (χ0v) is 21.2. The maximum Gasteiger partial charge on any atom is 0.306 e. The van der Waals surface area contributed by atoms with E-state index in [2.05, 4.69) is 5.32 Å². The number of nitrogens with one attached hydrogen (secondary N) is 1. The second-order valence-electron chi connectivity index (χ2n) is 8.20. The Morgan fingerprint density at radius 2 is 1.59 bits per heavy atom. The van der Waals surface area contributed by atoms with Gasteiger partial charge < -0.3 is 24.3 Å². The van der Waals surface area contributed by atoms with Crippen LogP contribution in [0, 0.1) is 11.3 Å². The molecule has 192 valence electrons. The summed E-state index contributed by atoms with van der Waals surface area (Å²) in [5.74, 6) is 0.339. The number of carbonyl (C=O) groups is 2. The number of benzene rings is 3. The van der Waals surface area contributed by atoms with Crippen LogP contribution < -0.4 is 19.5 Å². The summed E-state index contributed by atoms with van der Waals surface area (Å²) in [4.78, 5) is 25.9. The van der Waals surface area contributed by atoms with Gasteiger partial charge in [0, 0.05) is 18.5 Å². The first kappa shape index (κ1) is 27.1. The average Bonchev–Trinajstić information content (AvgIpc) is 2.94. The van der Waals surface area contributed by atoms with Crippen LogP contribution in [-0.4, -0.2) is 33.2 Å². The van der Waals surface area contributed by atoms with Crippen LogP contribution >= 0.6 is 0 Å². The van der Waals surface area contributed by atoms with Gasteiger partial charge in [0.2, 0.25) is 11.9 Å². The van der Waals surface area contributed by atoms with Gasteiger partial charge >= 0.3 is 5.97 Å². The van der Waals surface area contributed by atoms with E-state index in [0.717, 1.165) is 12.0 Å². The molecule has 0 saturated heterocycles. The third-order valence-corrected chi connectivity index (χ3v) is 5.69. The zero-order valence-electron chi connectivity index (χ0n) is 21.2. The molecule has 1 unspecified atom stereocenters. The highest BCUT2D eigenvalue weighted by molar-refractivity contribution is 5.85. The van der Waals surface area contributed by atoms with Gasteiger partial charge in [0.15, 0.2) is 11.5 Å². The van der Waals surface area contributed by atoms with Crippen LogP contribution in [0.2, 0.25) is 0 Å². The lowest BCUT2D eigenvalue weighted by Gasteiger charge is -2.19. The molecular weight excluding hydrogens is 472 g/mol. The Labute approximate surface area is 216 Å². The smallest absolute Gasteiger partial charge is 0.306 e. The number of nitrogens with zero attached hydrogens (tertiary/aromatic N) is 1. The van der Waals surface area contributed by atoms with Gasteiger partial charge in [0.05, 0.1) is 33.0 Å². The predicted octanol–water partition coefficient (Wildman–Crippen LogP) is 4.51. The third kappa shape index (κ3) is 7.48. The Morgan fingerprint density at radius 1 is 0.892 bits per heavy atom. The van der Waals surface area contributed by atoms with E-state index >= 15 is 0 Å². The molecule has 0 aliphatic heterocycles. The van der Waals surface area contributed by atoms with Crippen LogP contribution in [0.5, 0.6) is 17.2 Å². The predicted molar refractivity (Wildman–Crippen MR) is 137 cm³/mol. The van der Waals surface area contributed by atoms with Gasteiger partial charge in [-0.15, -0.1) is 0 Å². The van der Waals surface area contributed by atoms with Gasteiger partial charge in [0.25, 0.3) is 5.91 Å². The molecule has 0 aliphatic carbocycles. The Bertz CT molecular complexity index is 1230. The van der Waals surface area contributed by atoms with Crippen molar-refractivity contribution in [1.82, 2.24) is 5.32 Å². The SMILES string of the molecule is COc1cc(CNC(=O)C(OC(=O)CCCc2ccccc2)c2cccc(C#N)c2)cc(OC)c1OC. The molecule has 8 heteroatoms. The summed E-state index contributed by atoms with van der Waals surface area (Å²) >= 11 is 0. The zero-order chi connectivity index (χ0) is 26.6. The number of amides is 1. The molecule has 1 amide bonds. The fourth-order valence-electron chi connectivity index (χ4n) is 3.84. The van der Waals surface area contributed by atoms with E-state index in [4.69, 9.17) is 18.9 Å². The number of esters is 1. The number of hydrogen-bond acceptors (Lipinski definition) is 7. The molecule has 8 nitrogen and oxygen atoms in total. The molecule has 0 spiro atoms. The summed E-state index contributed by atoms with van der Waals surface area (Å²) in [5.41, 5.74) is 2.59. The van der Waals surface area contributed by atoms with Crippen LogP contribution in [0.25, 0.3) is 0 Å². The fraction of sp³-hybridized carbons (Fsp3) is 0.276. The quantitative estimate of drug-likeness (QED) is 0.363. The molecule has 0 heterocycles. The van der Waals surface area contributed by atoms with Crippen molar-refractivity contribution in [3.8, 4) is 23.3 Å². The number of hydrogen-bond donors (Lipinski definition) is 1. The first-order valence-electron chi connectivity index (χ1n) is 11.8. The molecule has 0 saturated carbocycles. The normalized spacial score (nSPS) is 11.1. The number of methoxy groups -OCH3 is 3. The summed E-state index contributed by atoms with van der Waals surface area (Å²) < 4.78 is 21.7. The fourth-order valence-corrected chi connectivity index (χ4v) is 3.84. The van der Waals surface area contributed by atoms with Gasteiger partial charge in [-0.2, -0.15) is 5.26 Å². The molecule has 1 N–H and O–H groups in total. The highest BCUT2D eigenvalue weighted by atomic mass is 16.5. The Morgan fingerprint density at radius 3 is 2.22 bits per heavy atom. The monoisotopic (exact) mass is 502 g/mol. The van der Waals surface area contributed by atoms with Crippen molar-refractivity contribution >= 4 is 11.9 Å². The average molecular weight is 503 g/mol. The van der Waals surface area contributed by atoms with Gasteiger partial charge in [-0.3, -0.25) is 9.59 Å². The Balaban J connectivity index is 1.73. The Hall–Kier alpha value is -4.51. The lowest BCUT2D eigenvalue weighted by Crippen LogP contribution is -2.32. The van der Waals surface area contributed by atoms with Crippen LogP contribution in [0.15, 0.2) is 66.7 Å². The molecule has 1 atom stereocenters. The lowest BCUT2D eigenvalue weighted by molar-refractivity contribution is -0.156. The van der Waals surface area contributed by atoms with Gasteiger partial charge in [-0.25, -0.2) is 0 Å². The van der Waals surface area contributed by atoms with E-state index in [0.29, 0.717) is 40.4 Å². The maximum atomic E-state index is 13.2. The highest BCUT2D eigenvalue weighted by Gasteiger charge is 2.25. The van der Waals surface area contributed by atoms with Crippen molar-refractivity contribution in [3.05, 3.63) is 89.0 Å². The molecule has 37 heavy (non-hydrogen) atoms. The molecule has 3 aromatic rings. The number of aryl methyl sites for hydroxylation is 1. The molecule has 0 fully saturated rings. The molecule has 0 radical (unpaired) electrons. The van der Waals surface area contributed by atoms with Crippen LogP contribution in [0.4, 0.5) is 0 Å². The lowest BCUT2D eigenvalue weighted by atomic mass is 10.0. The van der Waals surface area contributed by atoms with Crippen molar-refractivity contribution in [3.63, 3.8) is 0 Å². The summed E-state index contributed by atoms with van der Waals surface area (Å²) in [7, 11) is 4.53. The van der Waals surface area contributed by atoms with E-state index in [1.54, 1.807) is 36.4 Å². The van der Waals surface area contributed by atoms with E-state index in [1.165, 1.54) is 21.3 Å². The minimum absolute atomic E-state index is 0.121. The molecule has 0 aromatic heterocycles. The number of nitriles is 1. The second-order valence-corrected chi connectivity index (χ2v) is 8.20. The van der Waals surface area contributed by atoms with E-state index in [1.807, 2.05) is 36.4 Å². The van der Waals surface area contributed by atoms with Crippen molar-refractivity contribution in [2.24, 2.45) is 0 Å². The summed E-state index contributed by atoms with van der Waals surface area (Å²) in [6.07, 6.45) is 0.252. The molecular formula is C29H30N2O6. The standard InChI is InChI=1S/C29H30N2O6/c1-34-24-16-22(17-25(35-2)28(24)36-3)19-31-29(33)27(23-13-7-12-21(15-23)18-30)37-26(32)14-8-11-20-9-5-4-6-10-20/h4-7,9-10,12-13,15-17,27H,8,11,14,19H2,1-3H3,(H,31,33). The maximum absolute atomic E-state index is 13.2. The van der Waals surface area contributed by atoms with Crippen LogP contribution in [0.3, 0.4) is 0 Å². The van der Waals surface area contributed by atoms with Crippen molar-refractivity contribution < 1.29 is 28.5 Å². The molecule has 3 rings (SSSR count). The molecule has 0 aliphatic rings. The summed E-state index contributed by atoms with van der Waals surface area (Å²) in [5, 5.41) is 12.1. The van der Waals surface area contributed by atoms with Gasteiger partial charge in [0.1, 0.15) is 0 Å². The first-order chi connectivity index (χ1) is 18.0. The number of rotatable bonds is 12. The van der Waals surface area contributed by atoms with Crippen molar-refractivity contribution in [2.45, 2.75) is 31.9 Å². The molecule has 3 aromatic carbocycles. The third-order valence-electron chi connectivity index (χ3n) is 5.69.